The summed E-state index contributed by atoms with van der Waals surface area (Å²) in [5.74, 6) is 0. The van der Waals surface area contributed by atoms with Crippen LogP contribution in [-0.4, -0.2) is 11.3 Å². The molecule has 15 heavy (non-hydrogen) atoms. The van der Waals surface area contributed by atoms with E-state index in [9.17, 15) is 4.79 Å². The predicted octanol–water partition coefficient (Wildman–Crippen LogP) is 2.48. The van der Waals surface area contributed by atoms with Crippen molar-refractivity contribution in [3.63, 3.8) is 0 Å². The van der Waals surface area contributed by atoms with Gasteiger partial charge in [0.05, 0.1) is 10.2 Å². The lowest BCUT2D eigenvalue weighted by Crippen LogP contribution is -1.79. The number of aldehydes is 1. The van der Waals surface area contributed by atoms with Crippen LogP contribution in [0.4, 0.5) is 5.13 Å². The van der Waals surface area contributed by atoms with Gasteiger partial charge in [-0.05, 0) is 17.7 Å². The molecule has 76 valence electrons. The first-order valence-corrected chi connectivity index (χ1v) is 5.37. The highest BCUT2D eigenvalue weighted by Gasteiger charge is 1.99. The minimum Gasteiger partial charge on any atom is -0.375 e. The van der Waals surface area contributed by atoms with E-state index in [0.29, 0.717) is 11.6 Å². The maximum atomic E-state index is 10.1. The van der Waals surface area contributed by atoms with E-state index in [1.165, 1.54) is 11.3 Å². The number of carbonyl (C=O) groups is 1. The van der Waals surface area contributed by atoms with Crippen molar-refractivity contribution in [2.75, 3.05) is 5.73 Å². The summed E-state index contributed by atoms with van der Waals surface area (Å²) >= 11 is 1.48. The Morgan fingerprint density at radius 2 is 2.33 bits per heavy atom. The SMILES string of the molecule is Nc1nc2cc(C=CCC=O)ccc2s1. The second kappa shape index (κ2) is 4.23. The Labute approximate surface area is 91.2 Å². The van der Waals surface area contributed by atoms with Crippen molar-refractivity contribution >= 4 is 39.0 Å². The molecule has 0 aliphatic carbocycles. The largest absolute Gasteiger partial charge is 0.375 e. The van der Waals surface area contributed by atoms with Crippen molar-refractivity contribution in [1.82, 2.24) is 4.98 Å². The molecule has 0 fully saturated rings. The molecule has 2 N–H and O–H groups in total. The molecule has 0 saturated carbocycles. The van der Waals surface area contributed by atoms with Crippen LogP contribution in [0, 0.1) is 0 Å². The van der Waals surface area contributed by atoms with Crippen LogP contribution in [0.5, 0.6) is 0 Å². The van der Waals surface area contributed by atoms with Crippen LogP contribution < -0.4 is 5.73 Å². The lowest BCUT2D eigenvalue weighted by atomic mass is 10.2. The van der Waals surface area contributed by atoms with Crippen LogP contribution in [0.3, 0.4) is 0 Å². The highest BCUT2D eigenvalue weighted by atomic mass is 32.1. The molecular formula is C11H10N2OS. The van der Waals surface area contributed by atoms with E-state index >= 15 is 0 Å². The van der Waals surface area contributed by atoms with Gasteiger partial charge in [-0.2, -0.15) is 0 Å². The molecule has 1 aromatic heterocycles. The van der Waals surface area contributed by atoms with Crippen LogP contribution in [0.2, 0.25) is 0 Å². The number of aromatic nitrogens is 1. The average Bonchev–Trinajstić information content (AvgIpc) is 2.57. The summed E-state index contributed by atoms with van der Waals surface area (Å²) in [6.07, 6.45) is 5.04. The zero-order chi connectivity index (χ0) is 10.7. The molecule has 4 heteroatoms. The van der Waals surface area contributed by atoms with Crippen molar-refractivity contribution in [3.8, 4) is 0 Å². The highest BCUT2D eigenvalue weighted by Crippen LogP contribution is 2.24. The van der Waals surface area contributed by atoms with E-state index in [0.717, 1.165) is 22.1 Å². The number of nitrogens with zero attached hydrogens (tertiary/aromatic N) is 1. The number of benzene rings is 1. The van der Waals surface area contributed by atoms with Crippen LogP contribution in [0.15, 0.2) is 24.3 Å². The molecule has 3 nitrogen and oxygen atoms in total. The molecule has 0 radical (unpaired) electrons. The third-order valence-corrected chi connectivity index (χ3v) is 2.84. The topological polar surface area (TPSA) is 56.0 Å². The average molecular weight is 218 g/mol. The lowest BCUT2D eigenvalue weighted by molar-refractivity contribution is -0.107. The summed E-state index contributed by atoms with van der Waals surface area (Å²) in [6.45, 7) is 0. The monoisotopic (exact) mass is 218 g/mol. The molecule has 0 bridgehead atoms. The second-order valence-corrected chi connectivity index (χ2v) is 4.15. The summed E-state index contributed by atoms with van der Waals surface area (Å²) in [5, 5.41) is 0.582. The fourth-order valence-corrected chi connectivity index (χ4v) is 2.04. The summed E-state index contributed by atoms with van der Waals surface area (Å²) in [6, 6.07) is 5.94. The first-order valence-electron chi connectivity index (χ1n) is 4.56. The number of anilines is 1. The Balaban J connectivity index is 2.33. The van der Waals surface area contributed by atoms with Crippen LogP contribution in [-0.2, 0) is 4.79 Å². The highest BCUT2D eigenvalue weighted by molar-refractivity contribution is 7.22. The van der Waals surface area contributed by atoms with Gasteiger partial charge in [-0.1, -0.05) is 29.6 Å². The van der Waals surface area contributed by atoms with E-state index in [1.54, 1.807) is 0 Å². The van der Waals surface area contributed by atoms with Crippen molar-refractivity contribution in [2.45, 2.75) is 6.42 Å². The molecule has 0 spiro atoms. The van der Waals surface area contributed by atoms with Crippen molar-refractivity contribution < 1.29 is 4.79 Å². The van der Waals surface area contributed by atoms with Gasteiger partial charge in [-0.15, -0.1) is 0 Å². The fourth-order valence-electron chi connectivity index (χ4n) is 1.33. The normalized spacial score (nSPS) is 11.2. The summed E-state index contributed by atoms with van der Waals surface area (Å²) in [5.41, 5.74) is 7.55. The molecule has 2 rings (SSSR count). The van der Waals surface area contributed by atoms with Crippen molar-refractivity contribution in [3.05, 3.63) is 29.8 Å². The molecule has 0 saturated heterocycles. The van der Waals surface area contributed by atoms with Crippen molar-refractivity contribution in [2.24, 2.45) is 0 Å². The van der Waals surface area contributed by atoms with E-state index in [2.05, 4.69) is 4.98 Å². The van der Waals surface area contributed by atoms with Crippen LogP contribution in [0.1, 0.15) is 12.0 Å². The summed E-state index contributed by atoms with van der Waals surface area (Å²) < 4.78 is 1.08. The van der Waals surface area contributed by atoms with Gasteiger partial charge >= 0.3 is 0 Å². The lowest BCUT2D eigenvalue weighted by Gasteiger charge is -1.91. The molecule has 0 amide bonds. The molecule has 0 aliphatic rings. The third-order valence-electron chi connectivity index (χ3n) is 1.97. The number of fused-ring (bicyclic) bond motifs is 1. The van der Waals surface area contributed by atoms with Crippen LogP contribution in [0.25, 0.3) is 16.3 Å². The van der Waals surface area contributed by atoms with Gasteiger partial charge < -0.3 is 10.5 Å². The standard InChI is InChI=1S/C11H10N2OS/c12-11-13-9-7-8(3-1-2-6-14)4-5-10(9)15-11/h1,3-7H,2H2,(H2,12,13). The molecule has 1 heterocycles. The first kappa shape index (κ1) is 9.86. The van der Waals surface area contributed by atoms with Gasteiger partial charge in [-0.25, -0.2) is 4.98 Å². The Hall–Kier alpha value is -1.68. The third kappa shape index (κ3) is 2.22. The first-order chi connectivity index (χ1) is 7.29. The van der Waals surface area contributed by atoms with Gasteiger partial charge in [-0.3, -0.25) is 0 Å². The maximum Gasteiger partial charge on any atom is 0.181 e. The number of allylic oxidation sites excluding steroid dienone is 1. The van der Waals surface area contributed by atoms with Gasteiger partial charge in [0.25, 0.3) is 0 Å². The molecule has 0 unspecified atom stereocenters. The second-order valence-electron chi connectivity index (χ2n) is 3.08. The Bertz CT molecular complexity index is 516. The van der Waals surface area contributed by atoms with Gasteiger partial charge in [0.2, 0.25) is 0 Å². The molecule has 2 aromatic rings. The molecule has 0 aliphatic heterocycles. The number of thiazole rings is 1. The number of rotatable bonds is 3. The number of hydrogen-bond donors (Lipinski definition) is 1. The minimum absolute atomic E-state index is 0.442. The molecule has 0 atom stereocenters. The Morgan fingerprint density at radius 1 is 1.47 bits per heavy atom. The van der Waals surface area contributed by atoms with Gasteiger partial charge in [0.1, 0.15) is 6.29 Å². The van der Waals surface area contributed by atoms with E-state index in [-0.39, 0.29) is 0 Å². The van der Waals surface area contributed by atoms with Crippen molar-refractivity contribution in [1.29, 1.82) is 0 Å². The zero-order valence-corrected chi connectivity index (χ0v) is 8.83. The summed E-state index contributed by atoms with van der Waals surface area (Å²) in [4.78, 5) is 14.3. The number of carbonyl (C=O) groups excluding carboxylic acids is 1. The Morgan fingerprint density at radius 3 is 3.13 bits per heavy atom. The summed E-state index contributed by atoms with van der Waals surface area (Å²) in [7, 11) is 0. The smallest absolute Gasteiger partial charge is 0.181 e. The van der Waals surface area contributed by atoms with Gasteiger partial charge in [0, 0.05) is 6.42 Å². The number of nitrogens with two attached hydrogens (primary N) is 1. The maximum absolute atomic E-state index is 10.1. The minimum atomic E-state index is 0.442. The zero-order valence-electron chi connectivity index (χ0n) is 8.01. The van der Waals surface area contributed by atoms with E-state index < -0.39 is 0 Å². The number of nitrogen functional groups attached to an aromatic ring is 1. The number of hydrogen-bond acceptors (Lipinski definition) is 4. The van der Waals surface area contributed by atoms with Gasteiger partial charge in [0.15, 0.2) is 5.13 Å². The van der Waals surface area contributed by atoms with E-state index in [1.807, 2.05) is 30.4 Å². The van der Waals surface area contributed by atoms with E-state index in [4.69, 9.17) is 5.73 Å². The van der Waals surface area contributed by atoms with Crippen LogP contribution >= 0.6 is 11.3 Å². The molecule has 1 aromatic carbocycles. The quantitative estimate of drug-likeness (QED) is 0.805. The molecular weight excluding hydrogens is 208 g/mol. The fraction of sp³-hybridized carbons (Fsp3) is 0.0909. The Kier molecular flexibility index (Phi) is 2.78. The predicted molar refractivity (Wildman–Crippen MR) is 63.7 cm³/mol.